The molecule has 0 fully saturated rings. The summed E-state index contributed by atoms with van der Waals surface area (Å²) in [5, 5.41) is 3.31. The van der Waals surface area contributed by atoms with Crippen molar-refractivity contribution in [2.75, 3.05) is 11.9 Å². The molecule has 112 valence electrons. The summed E-state index contributed by atoms with van der Waals surface area (Å²) in [7, 11) is 0. The van der Waals surface area contributed by atoms with Crippen molar-refractivity contribution in [3.8, 4) is 0 Å². The zero-order valence-electron chi connectivity index (χ0n) is 11.9. The molecule has 7 heteroatoms. The van der Waals surface area contributed by atoms with Gasteiger partial charge in [-0.05, 0) is 25.8 Å². The number of nitrogens with one attached hydrogen (secondary N) is 1. The number of amides is 2. The van der Waals surface area contributed by atoms with E-state index in [1.807, 2.05) is 0 Å². The van der Waals surface area contributed by atoms with Crippen LogP contribution in [0.3, 0.4) is 0 Å². The van der Waals surface area contributed by atoms with Crippen molar-refractivity contribution >= 4 is 40.6 Å². The lowest BCUT2D eigenvalue weighted by molar-refractivity contribution is -0.114. The van der Waals surface area contributed by atoms with Crippen molar-refractivity contribution < 1.29 is 9.59 Å². The Morgan fingerprint density at radius 3 is 2.55 bits per heavy atom. The van der Waals surface area contributed by atoms with Crippen LogP contribution >= 0.6 is 23.7 Å². The Morgan fingerprint density at radius 2 is 2.05 bits per heavy atom. The lowest BCUT2D eigenvalue weighted by Crippen LogP contribution is -2.35. The van der Waals surface area contributed by atoms with Gasteiger partial charge in [0.05, 0.1) is 5.56 Å². The molecule has 2 rings (SSSR count). The summed E-state index contributed by atoms with van der Waals surface area (Å²) >= 11 is 1.47. The Bertz CT molecular complexity index is 528. The lowest BCUT2D eigenvalue weighted by atomic mass is 10.0. The fourth-order valence-electron chi connectivity index (χ4n) is 2.37. The van der Waals surface area contributed by atoms with Crippen LogP contribution in [0.2, 0.25) is 0 Å². The highest BCUT2D eigenvalue weighted by molar-refractivity contribution is 7.17. The molecule has 0 radical (unpaired) electrons. The average molecular weight is 318 g/mol. The number of rotatable bonds is 3. The molecule has 1 aliphatic heterocycles. The standard InChI is InChI=1S/C13H19N3O2S.ClH/c1-7(2)16-5-4-9-10(6-16)19-13(15-8(3)17)11(9)12(14)18;/h7H,4-6H2,1-3H3,(H2,14,18)(H,15,17);1H. The molecule has 5 nitrogen and oxygen atoms in total. The molecule has 3 N–H and O–H groups in total. The topological polar surface area (TPSA) is 75.4 Å². The molecule has 1 aliphatic rings. The van der Waals surface area contributed by atoms with Gasteiger partial charge in [-0.25, -0.2) is 0 Å². The maximum absolute atomic E-state index is 11.6. The third-order valence-electron chi connectivity index (χ3n) is 3.35. The van der Waals surface area contributed by atoms with Gasteiger partial charge < -0.3 is 11.1 Å². The number of nitrogens with two attached hydrogens (primary N) is 1. The Hall–Kier alpha value is -1.11. The van der Waals surface area contributed by atoms with Crippen molar-refractivity contribution in [3.63, 3.8) is 0 Å². The molecule has 2 amide bonds. The number of primary amides is 1. The van der Waals surface area contributed by atoms with Crippen LogP contribution in [-0.4, -0.2) is 29.3 Å². The number of halogens is 1. The fraction of sp³-hybridized carbons (Fsp3) is 0.538. The average Bonchev–Trinajstić information content (AvgIpc) is 2.64. The van der Waals surface area contributed by atoms with E-state index in [-0.39, 0.29) is 18.3 Å². The van der Waals surface area contributed by atoms with E-state index in [0.717, 1.165) is 30.0 Å². The van der Waals surface area contributed by atoms with Crippen LogP contribution in [0.5, 0.6) is 0 Å². The zero-order chi connectivity index (χ0) is 14.2. The normalized spacial score (nSPS) is 14.6. The largest absolute Gasteiger partial charge is 0.365 e. The summed E-state index contributed by atoms with van der Waals surface area (Å²) < 4.78 is 0. The lowest BCUT2D eigenvalue weighted by Gasteiger charge is -2.30. The highest BCUT2D eigenvalue weighted by atomic mass is 35.5. The molecular formula is C13H20ClN3O2S. The maximum atomic E-state index is 11.6. The summed E-state index contributed by atoms with van der Waals surface area (Å²) in [6, 6.07) is 0.469. The number of hydrogen-bond donors (Lipinski definition) is 2. The van der Waals surface area contributed by atoms with Gasteiger partial charge in [-0.15, -0.1) is 23.7 Å². The van der Waals surface area contributed by atoms with Gasteiger partial charge >= 0.3 is 0 Å². The number of nitrogens with zero attached hydrogens (tertiary/aromatic N) is 1. The predicted octanol–water partition coefficient (Wildman–Crippen LogP) is 1.99. The molecule has 0 aliphatic carbocycles. The van der Waals surface area contributed by atoms with Gasteiger partial charge in [0.25, 0.3) is 5.91 Å². The Labute approximate surface area is 128 Å². The van der Waals surface area contributed by atoms with Crippen molar-refractivity contribution in [2.24, 2.45) is 5.73 Å². The number of thiophene rings is 1. The van der Waals surface area contributed by atoms with Crippen molar-refractivity contribution in [3.05, 3.63) is 16.0 Å². The van der Waals surface area contributed by atoms with E-state index in [1.54, 1.807) is 0 Å². The monoisotopic (exact) mass is 317 g/mol. The van der Waals surface area contributed by atoms with E-state index in [0.29, 0.717) is 16.6 Å². The molecule has 1 aromatic heterocycles. The summed E-state index contributed by atoms with van der Waals surface area (Å²) in [6.45, 7) is 7.48. The van der Waals surface area contributed by atoms with Crippen molar-refractivity contribution in [2.45, 2.75) is 39.8 Å². The van der Waals surface area contributed by atoms with Gasteiger partial charge in [0.2, 0.25) is 5.91 Å². The molecule has 1 aromatic rings. The maximum Gasteiger partial charge on any atom is 0.251 e. The second kappa shape index (κ2) is 6.56. The first-order valence-electron chi connectivity index (χ1n) is 6.36. The van der Waals surface area contributed by atoms with Crippen molar-refractivity contribution in [1.29, 1.82) is 0 Å². The quantitative estimate of drug-likeness (QED) is 0.895. The molecule has 0 saturated heterocycles. The van der Waals surface area contributed by atoms with E-state index in [9.17, 15) is 9.59 Å². The third kappa shape index (κ3) is 3.31. The van der Waals surface area contributed by atoms with Gasteiger partial charge in [0, 0.05) is 30.9 Å². The summed E-state index contributed by atoms with van der Waals surface area (Å²) in [6.07, 6.45) is 0.807. The smallest absolute Gasteiger partial charge is 0.251 e. The Kier molecular flexibility index (Phi) is 5.56. The molecule has 0 bridgehead atoms. The van der Waals surface area contributed by atoms with E-state index in [4.69, 9.17) is 5.73 Å². The first-order chi connectivity index (χ1) is 8.90. The molecule has 0 saturated carbocycles. The summed E-state index contributed by atoms with van der Waals surface area (Å²) in [5.74, 6) is -0.638. The zero-order valence-corrected chi connectivity index (χ0v) is 13.5. The minimum atomic E-state index is -0.459. The van der Waals surface area contributed by atoms with Gasteiger partial charge in [0.1, 0.15) is 5.00 Å². The number of carbonyl (C=O) groups excluding carboxylic acids is 2. The molecule has 0 atom stereocenters. The minimum Gasteiger partial charge on any atom is -0.365 e. The van der Waals surface area contributed by atoms with E-state index in [1.165, 1.54) is 18.3 Å². The third-order valence-corrected chi connectivity index (χ3v) is 4.48. The second-order valence-corrected chi connectivity index (χ2v) is 6.17. The van der Waals surface area contributed by atoms with Gasteiger partial charge in [-0.1, -0.05) is 0 Å². The van der Waals surface area contributed by atoms with Crippen LogP contribution < -0.4 is 11.1 Å². The van der Waals surface area contributed by atoms with Crippen LogP contribution in [0, 0.1) is 0 Å². The summed E-state index contributed by atoms with van der Waals surface area (Å²) in [4.78, 5) is 26.3. The molecule has 0 unspecified atom stereocenters. The first kappa shape index (κ1) is 16.9. The van der Waals surface area contributed by atoms with Crippen LogP contribution in [0.25, 0.3) is 0 Å². The first-order valence-corrected chi connectivity index (χ1v) is 7.17. The van der Waals surface area contributed by atoms with Crippen LogP contribution in [0.15, 0.2) is 0 Å². The fourth-order valence-corrected chi connectivity index (χ4v) is 3.70. The highest BCUT2D eigenvalue weighted by Crippen LogP contribution is 2.37. The van der Waals surface area contributed by atoms with E-state index >= 15 is 0 Å². The van der Waals surface area contributed by atoms with Gasteiger partial charge in [-0.2, -0.15) is 0 Å². The molecular weight excluding hydrogens is 298 g/mol. The molecule has 0 aromatic carbocycles. The minimum absolute atomic E-state index is 0. The van der Waals surface area contributed by atoms with Gasteiger partial charge in [0.15, 0.2) is 0 Å². The van der Waals surface area contributed by atoms with Crippen molar-refractivity contribution in [1.82, 2.24) is 4.90 Å². The number of carbonyl (C=O) groups is 2. The van der Waals surface area contributed by atoms with Crippen LogP contribution in [0.4, 0.5) is 5.00 Å². The number of fused-ring (bicyclic) bond motifs is 1. The van der Waals surface area contributed by atoms with Crippen LogP contribution in [-0.2, 0) is 17.8 Å². The number of hydrogen-bond acceptors (Lipinski definition) is 4. The SMILES string of the molecule is CC(=O)Nc1sc2c(c1C(N)=O)CCN(C(C)C)C2.Cl. The Morgan fingerprint density at radius 1 is 1.40 bits per heavy atom. The molecule has 2 heterocycles. The Balaban J connectivity index is 0.00000200. The van der Waals surface area contributed by atoms with E-state index < -0.39 is 5.91 Å². The second-order valence-electron chi connectivity index (χ2n) is 5.07. The number of anilines is 1. The predicted molar refractivity (Wildman–Crippen MR) is 83.6 cm³/mol. The van der Waals surface area contributed by atoms with E-state index in [2.05, 4.69) is 24.1 Å². The highest BCUT2D eigenvalue weighted by Gasteiger charge is 2.27. The molecule has 0 spiro atoms. The summed E-state index contributed by atoms with van der Waals surface area (Å²) in [5.41, 5.74) is 6.97. The molecule has 20 heavy (non-hydrogen) atoms. The van der Waals surface area contributed by atoms with Crippen LogP contribution in [0.1, 0.15) is 41.6 Å². The van der Waals surface area contributed by atoms with Gasteiger partial charge in [-0.3, -0.25) is 14.5 Å².